The van der Waals surface area contributed by atoms with Crippen LogP contribution in [-0.4, -0.2) is 19.6 Å². The van der Waals surface area contributed by atoms with Gasteiger partial charge in [0.1, 0.15) is 17.7 Å². The highest BCUT2D eigenvalue weighted by Crippen LogP contribution is 2.29. The van der Waals surface area contributed by atoms with Crippen LogP contribution in [0.15, 0.2) is 48.0 Å². The van der Waals surface area contributed by atoms with Crippen LogP contribution in [0.4, 0.5) is 5.69 Å². The lowest BCUT2D eigenvalue weighted by Crippen LogP contribution is -2.13. The summed E-state index contributed by atoms with van der Waals surface area (Å²) in [6, 6.07) is 16.0. The zero-order valence-electron chi connectivity index (χ0n) is 14.4. The number of nitrogens with zero attached hydrogens (tertiary/aromatic N) is 2. The van der Waals surface area contributed by atoms with Crippen molar-refractivity contribution in [3.8, 4) is 23.6 Å². The van der Waals surface area contributed by atoms with Gasteiger partial charge >= 0.3 is 0 Å². The minimum Gasteiger partial charge on any atom is -0.493 e. The van der Waals surface area contributed by atoms with Crippen LogP contribution in [0.1, 0.15) is 11.1 Å². The predicted molar refractivity (Wildman–Crippen MR) is 97.5 cm³/mol. The first-order valence-electron chi connectivity index (χ1n) is 7.75. The lowest BCUT2D eigenvalue weighted by Gasteiger charge is -2.09. The van der Waals surface area contributed by atoms with E-state index >= 15 is 0 Å². The lowest BCUT2D eigenvalue weighted by molar-refractivity contribution is -0.112. The van der Waals surface area contributed by atoms with Crippen molar-refractivity contribution in [2.75, 3.05) is 19.0 Å². The van der Waals surface area contributed by atoms with E-state index in [2.05, 4.69) is 5.32 Å². The molecule has 0 fully saturated rings. The number of carbonyl (C=O) groups is 1. The molecule has 1 N–H and O–H groups in total. The fourth-order valence-corrected chi connectivity index (χ4v) is 2.15. The monoisotopic (exact) mass is 347 g/mol. The third kappa shape index (κ3) is 4.86. The Morgan fingerprint density at radius 2 is 1.88 bits per heavy atom. The van der Waals surface area contributed by atoms with Gasteiger partial charge in [-0.2, -0.15) is 10.5 Å². The number of nitriles is 2. The molecule has 0 unspecified atom stereocenters. The van der Waals surface area contributed by atoms with E-state index < -0.39 is 5.91 Å². The smallest absolute Gasteiger partial charge is 0.266 e. The minimum atomic E-state index is -0.500. The second-order valence-corrected chi connectivity index (χ2v) is 5.35. The van der Waals surface area contributed by atoms with E-state index in [4.69, 9.17) is 14.7 Å². The second-order valence-electron chi connectivity index (χ2n) is 5.35. The van der Waals surface area contributed by atoms with Gasteiger partial charge < -0.3 is 14.8 Å². The molecule has 0 radical (unpaired) electrons. The van der Waals surface area contributed by atoms with E-state index in [9.17, 15) is 10.1 Å². The van der Waals surface area contributed by atoms with Crippen molar-refractivity contribution in [1.29, 1.82) is 10.5 Å². The van der Waals surface area contributed by atoms with Gasteiger partial charge in [-0.25, -0.2) is 0 Å². The molecule has 0 aliphatic heterocycles. The Labute approximate surface area is 151 Å². The number of hydrogen-bond donors (Lipinski definition) is 1. The average Bonchev–Trinajstić information content (AvgIpc) is 2.66. The Balaban J connectivity index is 2.22. The molecule has 6 nitrogen and oxygen atoms in total. The Hall–Kier alpha value is -3.77. The number of aryl methyl sites for hydroxylation is 1. The summed E-state index contributed by atoms with van der Waals surface area (Å²) in [5, 5.41) is 20.6. The summed E-state index contributed by atoms with van der Waals surface area (Å²) in [7, 11) is 1.47. The van der Waals surface area contributed by atoms with Gasteiger partial charge in [-0.3, -0.25) is 4.79 Å². The van der Waals surface area contributed by atoms with E-state index in [0.717, 1.165) is 5.56 Å². The number of rotatable bonds is 6. The Morgan fingerprint density at radius 3 is 2.50 bits per heavy atom. The van der Waals surface area contributed by atoms with E-state index in [0.29, 0.717) is 22.7 Å². The second kappa shape index (κ2) is 8.91. The van der Waals surface area contributed by atoms with E-state index in [1.54, 1.807) is 30.3 Å². The maximum atomic E-state index is 12.3. The minimum absolute atomic E-state index is 0.0432. The molecule has 0 saturated heterocycles. The molecule has 26 heavy (non-hydrogen) atoms. The van der Waals surface area contributed by atoms with Crippen LogP contribution in [0.3, 0.4) is 0 Å². The van der Waals surface area contributed by atoms with E-state index in [1.165, 1.54) is 13.2 Å². The van der Waals surface area contributed by atoms with Gasteiger partial charge in [-0.1, -0.05) is 23.8 Å². The standard InChI is InChI=1S/C20H17N3O3/c1-14-3-6-17(7-4-14)23-20(24)16(13-22)11-15-5-8-18(26-10-9-21)19(12-15)25-2/h3-8,11-12H,10H2,1-2H3,(H,23,24)/b16-11+. The Bertz CT molecular complexity index is 903. The highest BCUT2D eigenvalue weighted by atomic mass is 16.5. The van der Waals surface area contributed by atoms with Gasteiger partial charge in [0.2, 0.25) is 0 Å². The summed E-state index contributed by atoms with van der Waals surface area (Å²) in [6.45, 7) is 1.84. The van der Waals surface area contributed by atoms with Crippen LogP contribution in [0.5, 0.6) is 11.5 Å². The van der Waals surface area contributed by atoms with Gasteiger partial charge in [0.15, 0.2) is 18.1 Å². The lowest BCUT2D eigenvalue weighted by atomic mass is 10.1. The third-order valence-corrected chi connectivity index (χ3v) is 3.47. The number of nitrogens with one attached hydrogen (secondary N) is 1. The Kier molecular flexibility index (Phi) is 6.36. The first-order valence-corrected chi connectivity index (χ1v) is 7.75. The summed E-state index contributed by atoms with van der Waals surface area (Å²) in [6.07, 6.45) is 1.46. The molecule has 0 heterocycles. The number of carbonyl (C=O) groups excluding carboxylic acids is 1. The fourth-order valence-electron chi connectivity index (χ4n) is 2.15. The highest BCUT2D eigenvalue weighted by Gasteiger charge is 2.11. The van der Waals surface area contributed by atoms with Crippen LogP contribution in [0, 0.1) is 29.6 Å². The van der Waals surface area contributed by atoms with Crippen molar-refractivity contribution < 1.29 is 14.3 Å². The van der Waals surface area contributed by atoms with Crippen molar-refractivity contribution in [3.63, 3.8) is 0 Å². The molecule has 130 valence electrons. The topological polar surface area (TPSA) is 95.1 Å². The van der Waals surface area contributed by atoms with Crippen molar-refractivity contribution in [2.45, 2.75) is 6.92 Å². The summed E-state index contributed by atoms with van der Waals surface area (Å²) >= 11 is 0. The largest absolute Gasteiger partial charge is 0.493 e. The van der Waals surface area contributed by atoms with Crippen LogP contribution >= 0.6 is 0 Å². The van der Waals surface area contributed by atoms with E-state index in [-0.39, 0.29) is 12.2 Å². The number of anilines is 1. The van der Waals surface area contributed by atoms with Gasteiger partial charge in [-0.05, 0) is 42.8 Å². The molecule has 2 aromatic rings. The number of hydrogen-bond acceptors (Lipinski definition) is 5. The highest BCUT2D eigenvalue weighted by molar-refractivity contribution is 6.09. The third-order valence-electron chi connectivity index (χ3n) is 3.47. The van der Waals surface area contributed by atoms with Gasteiger partial charge in [0.05, 0.1) is 7.11 Å². The summed E-state index contributed by atoms with van der Waals surface area (Å²) < 4.78 is 10.5. The number of benzene rings is 2. The van der Waals surface area contributed by atoms with E-state index in [1.807, 2.05) is 31.2 Å². The zero-order valence-corrected chi connectivity index (χ0v) is 14.4. The van der Waals surface area contributed by atoms with Crippen LogP contribution < -0.4 is 14.8 Å². The fraction of sp³-hybridized carbons (Fsp3) is 0.150. The SMILES string of the molecule is COc1cc(/C=C(\C#N)C(=O)Nc2ccc(C)cc2)ccc1OCC#N. The molecule has 6 heteroatoms. The number of methoxy groups -OCH3 is 1. The van der Waals surface area contributed by atoms with Gasteiger partial charge in [0.25, 0.3) is 5.91 Å². The maximum Gasteiger partial charge on any atom is 0.266 e. The number of ether oxygens (including phenoxy) is 2. The van der Waals surface area contributed by atoms with Crippen molar-refractivity contribution >= 4 is 17.7 Å². The molecule has 0 aliphatic carbocycles. The molecule has 1 amide bonds. The molecule has 0 aromatic heterocycles. The van der Waals surface area contributed by atoms with Crippen LogP contribution in [0.2, 0.25) is 0 Å². The van der Waals surface area contributed by atoms with Gasteiger partial charge in [0, 0.05) is 5.69 Å². The summed E-state index contributed by atoms with van der Waals surface area (Å²) in [5.74, 6) is 0.319. The molecular formula is C20H17N3O3. The predicted octanol–water partition coefficient (Wildman–Crippen LogP) is 3.45. The average molecular weight is 347 g/mol. The quantitative estimate of drug-likeness (QED) is 0.638. The van der Waals surface area contributed by atoms with Crippen molar-refractivity contribution in [2.24, 2.45) is 0 Å². The molecule has 2 rings (SSSR count). The van der Waals surface area contributed by atoms with Crippen molar-refractivity contribution in [1.82, 2.24) is 0 Å². The summed E-state index contributed by atoms with van der Waals surface area (Å²) in [5.41, 5.74) is 2.24. The van der Waals surface area contributed by atoms with Gasteiger partial charge in [-0.15, -0.1) is 0 Å². The molecule has 0 aliphatic rings. The summed E-state index contributed by atoms with van der Waals surface area (Å²) in [4.78, 5) is 12.3. The van der Waals surface area contributed by atoms with Crippen LogP contribution in [0.25, 0.3) is 6.08 Å². The molecule has 2 aromatic carbocycles. The molecule has 0 saturated carbocycles. The molecular weight excluding hydrogens is 330 g/mol. The zero-order chi connectivity index (χ0) is 18.9. The van der Waals surface area contributed by atoms with Crippen LogP contribution in [-0.2, 0) is 4.79 Å². The Morgan fingerprint density at radius 1 is 1.15 bits per heavy atom. The molecule has 0 atom stereocenters. The number of amides is 1. The maximum absolute atomic E-state index is 12.3. The first-order chi connectivity index (χ1) is 12.6. The molecule has 0 bridgehead atoms. The molecule has 0 spiro atoms. The normalized spacial score (nSPS) is 10.4. The first kappa shape index (κ1) is 18.6. The van der Waals surface area contributed by atoms with Crippen molar-refractivity contribution in [3.05, 3.63) is 59.2 Å².